The molecule has 2 bridgehead atoms. The minimum absolute atomic E-state index is 0.100. The monoisotopic (exact) mass is 751 g/mol. The van der Waals surface area contributed by atoms with Crippen molar-refractivity contribution in [2.24, 2.45) is 17.8 Å². The summed E-state index contributed by atoms with van der Waals surface area (Å²) in [4.78, 5) is 20.6. The van der Waals surface area contributed by atoms with Gasteiger partial charge in [-0.25, -0.2) is 13.1 Å². The van der Waals surface area contributed by atoms with Crippen molar-refractivity contribution in [3.63, 3.8) is 0 Å². The van der Waals surface area contributed by atoms with Crippen molar-refractivity contribution in [3.05, 3.63) is 125 Å². The first-order valence-electron chi connectivity index (χ1n) is 18.7. The highest BCUT2D eigenvalue weighted by Gasteiger charge is 2.49. The van der Waals surface area contributed by atoms with E-state index in [0.717, 1.165) is 48.9 Å². The molecule has 2 N–H and O–H groups in total. The molecule has 53 heavy (non-hydrogen) atoms. The third kappa shape index (κ3) is 6.66. The van der Waals surface area contributed by atoms with Gasteiger partial charge in [0.15, 0.2) is 0 Å². The van der Waals surface area contributed by atoms with Crippen LogP contribution in [0.4, 0.5) is 5.69 Å². The summed E-state index contributed by atoms with van der Waals surface area (Å²) in [6.07, 6.45) is 12.4. The van der Waals surface area contributed by atoms with Gasteiger partial charge in [-0.05, 0) is 110 Å². The van der Waals surface area contributed by atoms with Gasteiger partial charge in [0.2, 0.25) is 10.0 Å². The summed E-state index contributed by atoms with van der Waals surface area (Å²) >= 11 is 6.48. The van der Waals surface area contributed by atoms with Gasteiger partial charge in [-0.2, -0.15) is 0 Å². The number of aromatic nitrogens is 1. The van der Waals surface area contributed by atoms with Gasteiger partial charge in [-0.3, -0.25) is 9.78 Å². The molecule has 1 spiro atoms. The van der Waals surface area contributed by atoms with E-state index in [0.29, 0.717) is 42.5 Å². The number of nitrogens with zero attached hydrogens (tertiary/aromatic N) is 2. The standard InChI is InChI=1S/C43H46ClN3O5S/c1-28-8-6-19-43(49,35-20-34(23-45-24-35)30-9-4-3-5-10-30)38-15-12-33(38)25-47-26-42(18-7-11-31-21-36(44)14-16-37(31)42)27-52-40-17-13-32(22-39(40)47)41(48)46-53(50,51)29(28)2/h3-6,9-10,13-14,16-17,19-24,28-29,33,38,49H,7-8,11-12,15,18,25-27H2,1-2H3,(H,46,48)/b19-6-/t28-,29+,33-,38+,42-,43+/m0/s1. The van der Waals surface area contributed by atoms with Crippen molar-refractivity contribution in [1.29, 1.82) is 0 Å². The van der Waals surface area contributed by atoms with Gasteiger partial charge in [0.25, 0.3) is 5.91 Å². The summed E-state index contributed by atoms with van der Waals surface area (Å²) in [6, 6.07) is 23.4. The molecule has 3 heterocycles. The maximum absolute atomic E-state index is 13.6. The van der Waals surface area contributed by atoms with E-state index in [1.807, 2.05) is 67.7 Å². The Kier molecular flexibility index (Phi) is 9.40. The lowest BCUT2D eigenvalue weighted by atomic mass is 9.62. The van der Waals surface area contributed by atoms with Gasteiger partial charge in [-0.15, -0.1) is 0 Å². The number of carbonyl (C=O) groups excluding carboxylic acids is 1. The number of allylic oxidation sites excluding steroid dienone is 1. The Bertz CT molecular complexity index is 2180. The predicted octanol–water partition coefficient (Wildman–Crippen LogP) is 7.83. The minimum Gasteiger partial charge on any atom is -0.490 e. The fourth-order valence-electron chi connectivity index (χ4n) is 9.03. The average molecular weight is 752 g/mol. The first-order chi connectivity index (χ1) is 25.5. The van der Waals surface area contributed by atoms with Crippen LogP contribution in [0, 0.1) is 17.8 Å². The number of anilines is 1. The van der Waals surface area contributed by atoms with Crippen molar-refractivity contribution in [3.8, 4) is 16.9 Å². The zero-order chi connectivity index (χ0) is 37.0. The second-order valence-corrected chi connectivity index (χ2v) is 18.2. The summed E-state index contributed by atoms with van der Waals surface area (Å²) < 4.78 is 36.2. The zero-order valence-electron chi connectivity index (χ0n) is 30.2. The molecule has 4 aliphatic rings. The van der Waals surface area contributed by atoms with Crippen LogP contribution >= 0.6 is 11.6 Å². The lowest BCUT2D eigenvalue weighted by Crippen LogP contribution is -2.51. The van der Waals surface area contributed by atoms with Crippen molar-refractivity contribution >= 4 is 33.2 Å². The van der Waals surface area contributed by atoms with Crippen LogP contribution in [-0.4, -0.2) is 49.4 Å². The number of carbonyl (C=O) groups is 1. The average Bonchev–Trinajstić information content (AvgIpc) is 3.29. The summed E-state index contributed by atoms with van der Waals surface area (Å²) in [7, 11) is -4.02. The number of nitrogens with one attached hydrogen (secondary N) is 1. The van der Waals surface area contributed by atoms with E-state index in [2.05, 4.69) is 26.7 Å². The molecular formula is C43H46ClN3O5S. The lowest BCUT2D eigenvalue weighted by molar-refractivity contribution is -0.0502. The number of hydrogen-bond acceptors (Lipinski definition) is 7. The molecule has 8 rings (SSSR count). The molecule has 1 amide bonds. The highest BCUT2D eigenvalue weighted by molar-refractivity contribution is 7.90. The number of ether oxygens (including phenoxy) is 1. The van der Waals surface area contributed by atoms with Crippen LogP contribution in [0.5, 0.6) is 5.75 Å². The fraction of sp³-hybridized carbons (Fsp3) is 0.395. The van der Waals surface area contributed by atoms with Crippen molar-refractivity contribution in [2.75, 3.05) is 24.6 Å². The van der Waals surface area contributed by atoms with E-state index < -0.39 is 26.8 Å². The number of hydrogen-bond donors (Lipinski definition) is 2. The molecule has 10 heteroatoms. The van der Waals surface area contributed by atoms with E-state index >= 15 is 0 Å². The number of sulfonamides is 1. The zero-order valence-corrected chi connectivity index (χ0v) is 31.7. The summed E-state index contributed by atoms with van der Waals surface area (Å²) in [5.41, 5.74) is 4.42. The van der Waals surface area contributed by atoms with Gasteiger partial charge in [0.1, 0.15) is 11.4 Å². The Morgan fingerprint density at radius 1 is 0.981 bits per heavy atom. The second kappa shape index (κ2) is 13.9. The highest BCUT2D eigenvalue weighted by atomic mass is 35.5. The molecule has 4 aromatic rings. The van der Waals surface area contributed by atoms with Crippen LogP contribution in [0.2, 0.25) is 5.02 Å². The summed E-state index contributed by atoms with van der Waals surface area (Å²) in [5.74, 6) is -0.379. The second-order valence-electron chi connectivity index (χ2n) is 15.7. The van der Waals surface area contributed by atoms with E-state index in [1.165, 1.54) is 11.1 Å². The molecule has 0 saturated heterocycles. The molecule has 6 atom stereocenters. The fourth-order valence-corrected chi connectivity index (χ4v) is 10.5. The molecule has 276 valence electrons. The Morgan fingerprint density at radius 3 is 2.60 bits per heavy atom. The maximum atomic E-state index is 13.6. The number of halogens is 1. The highest BCUT2D eigenvalue weighted by Crippen LogP contribution is 2.51. The van der Waals surface area contributed by atoms with E-state index in [-0.39, 0.29) is 28.7 Å². The molecule has 1 saturated carbocycles. The minimum atomic E-state index is -4.02. The van der Waals surface area contributed by atoms with E-state index in [1.54, 1.807) is 31.3 Å². The SMILES string of the molecule is C[C@@H]1[C@@H](C)C/C=C\[C@@](O)(c2cncc(-c3ccccc3)c2)[C@@H]2CC[C@H]2CN2C[C@@]3(CCCc4cc(Cl)ccc43)COc3ccc(cc32)C(=O)NS1(=O)=O. The first kappa shape index (κ1) is 35.8. The number of aryl methyl sites for hydroxylation is 1. The van der Waals surface area contributed by atoms with E-state index in [9.17, 15) is 18.3 Å². The third-order valence-corrected chi connectivity index (χ3v) is 14.6. The van der Waals surface area contributed by atoms with Crippen LogP contribution in [-0.2, 0) is 27.5 Å². The molecule has 2 aliphatic carbocycles. The number of pyridine rings is 1. The Labute approximate surface area is 317 Å². The summed E-state index contributed by atoms with van der Waals surface area (Å²) in [5, 5.41) is 12.8. The Balaban J connectivity index is 1.24. The van der Waals surface area contributed by atoms with Crippen molar-refractivity contribution in [1.82, 2.24) is 9.71 Å². The lowest BCUT2D eigenvalue weighted by Gasteiger charge is -2.49. The van der Waals surface area contributed by atoms with Gasteiger partial charge in [-0.1, -0.05) is 67.1 Å². The smallest absolute Gasteiger partial charge is 0.264 e. The normalized spacial score (nSPS) is 30.1. The number of fused-ring (bicyclic) bond motifs is 4. The number of rotatable bonds is 2. The molecule has 1 fully saturated rings. The van der Waals surface area contributed by atoms with Crippen LogP contribution in [0.25, 0.3) is 11.1 Å². The molecule has 1 aromatic heterocycles. The Morgan fingerprint density at radius 2 is 1.81 bits per heavy atom. The molecular weight excluding hydrogens is 706 g/mol. The predicted molar refractivity (Wildman–Crippen MR) is 209 cm³/mol. The molecule has 0 radical (unpaired) electrons. The van der Waals surface area contributed by atoms with Crippen LogP contribution in [0.15, 0.2) is 97.3 Å². The van der Waals surface area contributed by atoms with Crippen LogP contribution < -0.4 is 14.4 Å². The quantitative estimate of drug-likeness (QED) is 0.201. The Hall–Kier alpha value is -4.18. The van der Waals surface area contributed by atoms with Gasteiger partial charge in [0.05, 0.1) is 17.5 Å². The third-order valence-electron chi connectivity index (χ3n) is 12.5. The largest absolute Gasteiger partial charge is 0.490 e. The number of benzene rings is 3. The van der Waals surface area contributed by atoms with Gasteiger partial charge < -0.3 is 14.7 Å². The maximum Gasteiger partial charge on any atom is 0.264 e. The van der Waals surface area contributed by atoms with Crippen LogP contribution in [0.3, 0.4) is 0 Å². The van der Waals surface area contributed by atoms with Gasteiger partial charge in [0, 0.05) is 58.5 Å². The topological polar surface area (TPSA) is 109 Å². The van der Waals surface area contributed by atoms with Crippen molar-refractivity contribution in [2.45, 2.75) is 68.6 Å². The number of aliphatic hydroxyl groups is 1. The molecule has 0 unspecified atom stereocenters. The van der Waals surface area contributed by atoms with Crippen LogP contribution in [0.1, 0.15) is 73.0 Å². The molecule has 2 aliphatic heterocycles. The molecule has 3 aromatic carbocycles. The van der Waals surface area contributed by atoms with Gasteiger partial charge >= 0.3 is 0 Å². The first-order valence-corrected chi connectivity index (χ1v) is 20.7. The van der Waals surface area contributed by atoms with Crippen molar-refractivity contribution < 1.29 is 23.1 Å². The van der Waals surface area contributed by atoms with E-state index in [4.69, 9.17) is 16.3 Å². The summed E-state index contributed by atoms with van der Waals surface area (Å²) in [6.45, 7) is 5.19. The molecule has 8 nitrogen and oxygen atoms in total. The number of amides is 1.